The van der Waals surface area contributed by atoms with Gasteiger partial charge in [0.1, 0.15) is 11.3 Å². The van der Waals surface area contributed by atoms with Crippen LogP contribution in [0, 0.1) is 6.92 Å². The van der Waals surface area contributed by atoms with Gasteiger partial charge in [-0.05, 0) is 82.7 Å². The third kappa shape index (κ3) is 3.98. The van der Waals surface area contributed by atoms with E-state index >= 15 is 0 Å². The van der Waals surface area contributed by atoms with Crippen LogP contribution in [0.5, 0.6) is 5.75 Å². The molecule has 0 bridgehead atoms. The summed E-state index contributed by atoms with van der Waals surface area (Å²) in [6.07, 6.45) is 8.79. The Labute approximate surface area is 183 Å². The average molecular weight is 425 g/mol. The zero-order chi connectivity index (χ0) is 21.4. The van der Waals surface area contributed by atoms with Gasteiger partial charge in [0.25, 0.3) is 5.91 Å². The molecule has 1 amide bonds. The summed E-state index contributed by atoms with van der Waals surface area (Å²) in [5, 5.41) is 1.01. The van der Waals surface area contributed by atoms with Crippen LogP contribution in [0.25, 0.3) is 11.0 Å². The molecule has 3 heterocycles. The number of fused-ring (bicyclic) bond motifs is 3. The first-order chi connectivity index (χ1) is 15.1. The van der Waals surface area contributed by atoms with Crippen LogP contribution >= 0.6 is 0 Å². The second kappa shape index (κ2) is 8.65. The third-order valence-electron chi connectivity index (χ3n) is 7.36. The summed E-state index contributed by atoms with van der Waals surface area (Å²) in [6.45, 7) is 5.86. The molecule has 0 radical (unpaired) electrons. The fourth-order valence-electron chi connectivity index (χ4n) is 5.56. The molecule has 2 saturated heterocycles. The Morgan fingerprint density at radius 1 is 1.06 bits per heavy atom. The quantitative estimate of drug-likeness (QED) is 0.704. The Balaban J connectivity index is 1.27. The molecule has 5 rings (SSSR count). The summed E-state index contributed by atoms with van der Waals surface area (Å²) >= 11 is 0. The van der Waals surface area contributed by atoms with Gasteiger partial charge in [0.2, 0.25) is 0 Å². The standard InChI is InChI=1S/C25H32N2O4/c1-17-22(10-9-20-19-7-3-4-8-21(19)25(29)31-24(17)20)30-16-23(28)27-14-11-18(15-27)26-12-5-2-6-13-26/h9-10,18H,2-8,11-16H2,1H3. The number of likely N-dealkylation sites (tertiary alicyclic amines) is 2. The molecule has 2 aromatic rings. The molecule has 2 aliphatic heterocycles. The van der Waals surface area contributed by atoms with E-state index in [1.54, 1.807) is 0 Å². The molecule has 31 heavy (non-hydrogen) atoms. The van der Waals surface area contributed by atoms with E-state index in [0.29, 0.717) is 17.4 Å². The number of hydrogen-bond acceptors (Lipinski definition) is 5. The molecule has 3 aliphatic rings. The number of benzene rings is 1. The van der Waals surface area contributed by atoms with Gasteiger partial charge in [-0.2, -0.15) is 0 Å². The first-order valence-electron chi connectivity index (χ1n) is 11.8. The maximum atomic E-state index is 12.8. The molecule has 1 aromatic carbocycles. The number of carbonyl (C=O) groups is 1. The number of hydrogen-bond donors (Lipinski definition) is 0. The lowest BCUT2D eigenvalue weighted by atomic mass is 9.90. The normalized spacial score (nSPS) is 22.0. The summed E-state index contributed by atoms with van der Waals surface area (Å²) in [5.74, 6) is 0.650. The monoisotopic (exact) mass is 424 g/mol. The highest BCUT2D eigenvalue weighted by Gasteiger charge is 2.31. The molecule has 1 atom stereocenters. The van der Waals surface area contributed by atoms with Gasteiger partial charge in [-0.1, -0.05) is 6.42 Å². The minimum absolute atomic E-state index is 0.0221. The van der Waals surface area contributed by atoms with Crippen LogP contribution in [0.4, 0.5) is 0 Å². The van der Waals surface area contributed by atoms with Crippen LogP contribution in [0.2, 0.25) is 0 Å². The van der Waals surface area contributed by atoms with Crippen molar-refractivity contribution in [3.8, 4) is 5.75 Å². The van der Waals surface area contributed by atoms with Crippen molar-refractivity contribution in [2.45, 2.75) is 64.3 Å². The van der Waals surface area contributed by atoms with Crippen molar-refractivity contribution >= 4 is 16.9 Å². The summed E-state index contributed by atoms with van der Waals surface area (Å²) in [7, 11) is 0. The van der Waals surface area contributed by atoms with E-state index in [-0.39, 0.29) is 18.1 Å². The summed E-state index contributed by atoms with van der Waals surface area (Å²) in [5.41, 5.74) is 3.13. The van der Waals surface area contributed by atoms with Crippen LogP contribution in [-0.2, 0) is 17.6 Å². The number of nitrogens with zero attached hydrogens (tertiary/aromatic N) is 2. The van der Waals surface area contributed by atoms with Gasteiger partial charge in [0.15, 0.2) is 6.61 Å². The van der Waals surface area contributed by atoms with Crippen LogP contribution in [0.15, 0.2) is 21.3 Å². The predicted molar refractivity (Wildman–Crippen MR) is 120 cm³/mol. The molecule has 1 aliphatic carbocycles. The number of piperidine rings is 1. The minimum Gasteiger partial charge on any atom is -0.483 e. The lowest BCUT2D eigenvalue weighted by molar-refractivity contribution is -0.132. The van der Waals surface area contributed by atoms with Crippen molar-refractivity contribution in [2.24, 2.45) is 0 Å². The lowest BCUT2D eigenvalue weighted by Gasteiger charge is -2.32. The molecule has 6 nitrogen and oxygen atoms in total. The highest BCUT2D eigenvalue weighted by Crippen LogP contribution is 2.32. The van der Waals surface area contributed by atoms with Gasteiger partial charge in [0.05, 0.1) is 0 Å². The largest absolute Gasteiger partial charge is 0.483 e. The molecule has 1 aromatic heterocycles. The van der Waals surface area contributed by atoms with Crippen molar-refractivity contribution in [1.29, 1.82) is 0 Å². The van der Waals surface area contributed by atoms with Crippen molar-refractivity contribution in [2.75, 3.05) is 32.8 Å². The molecule has 0 spiro atoms. The van der Waals surface area contributed by atoms with E-state index in [9.17, 15) is 9.59 Å². The van der Waals surface area contributed by atoms with Crippen molar-refractivity contribution in [3.05, 3.63) is 39.2 Å². The Kier molecular flexibility index (Phi) is 5.74. The summed E-state index contributed by atoms with van der Waals surface area (Å²) in [6, 6.07) is 4.39. The molecule has 1 unspecified atom stereocenters. The first-order valence-corrected chi connectivity index (χ1v) is 11.8. The van der Waals surface area contributed by atoms with Crippen molar-refractivity contribution < 1.29 is 13.9 Å². The Morgan fingerprint density at radius 3 is 2.65 bits per heavy atom. The first kappa shape index (κ1) is 20.6. The smallest absolute Gasteiger partial charge is 0.339 e. The van der Waals surface area contributed by atoms with Gasteiger partial charge in [-0.15, -0.1) is 0 Å². The topological polar surface area (TPSA) is 63.0 Å². The number of aryl methyl sites for hydroxylation is 2. The zero-order valence-electron chi connectivity index (χ0n) is 18.5. The second-order valence-electron chi connectivity index (χ2n) is 9.29. The fourth-order valence-corrected chi connectivity index (χ4v) is 5.56. The van der Waals surface area contributed by atoms with Gasteiger partial charge < -0.3 is 14.1 Å². The maximum Gasteiger partial charge on any atom is 0.339 e. The zero-order valence-corrected chi connectivity index (χ0v) is 18.5. The van der Waals surface area contributed by atoms with Crippen LogP contribution in [0.3, 0.4) is 0 Å². The second-order valence-corrected chi connectivity index (χ2v) is 9.29. The maximum absolute atomic E-state index is 12.8. The number of carbonyl (C=O) groups excluding carboxylic acids is 1. The van der Waals surface area contributed by atoms with Gasteiger partial charge >= 0.3 is 5.63 Å². The Hall–Kier alpha value is -2.34. The van der Waals surface area contributed by atoms with Crippen LogP contribution < -0.4 is 10.4 Å². The highest BCUT2D eigenvalue weighted by atomic mass is 16.5. The van der Waals surface area contributed by atoms with E-state index in [0.717, 1.165) is 80.4 Å². The van der Waals surface area contributed by atoms with Gasteiger partial charge in [-0.25, -0.2) is 4.79 Å². The van der Waals surface area contributed by atoms with Crippen LogP contribution in [0.1, 0.15) is 55.2 Å². The molecule has 0 N–H and O–H groups in total. The van der Waals surface area contributed by atoms with Gasteiger partial charge in [0, 0.05) is 35.6 Å². The molecule has 2 fully saturated rings. The molecule has 0 saturated carbocycles. The molecular weight excluding hydrogens is 392 g/mol. The van der Waals surface area contributed by atoms with Crippen LogP contribution in [-0.4, -0.2) is 54.5 Å². The summed E-state index contributed by atoms with van der Waals surface area (Å²) < 4.78 is 11.6. The number of rotatable bonds is 4. The van der Waals surface area contributed by atoms with E-state index in [4.69, 9.17) is 9.15 Å². The Morgan fingerprint density at radius 2 is 1.84 bits per heavy atom. The lowest BCUT2D eigenvalue weighted by Crippen LogP contribution is -2.42. The SMILES string of the molecule is Cc1c(OCC(=O)N2CCC(N3CCCCC3)C2)ccc2c3c(c(=O)oc12)CCCC3. The van der Waals surface area contributed by atoms with E-state index in [1.807, 2.05) is 24.0 Å². The molecule has 6 heteroatoms. The van der Waals surface area contributed by atoms with E-state index in [2.05, 4.69) is 4.90 Å². The fraction of sp³-hybridized carbons (Fsp3) is 0.600. The number of ether oxygens (including phenoxy) is 1. The van der Waals surface area contributed by atoms with Crippen molar-refractivity contribution in [1.82, 2.24) is 9.80 Å². The third-order valence-corrected chi connectivity index (χ3v) is 7.36. The van der Waals surface area contributed by atoms with Gasteiger partial charge in [-0.3, -0.25) is 9.69 Å². The van der Waals surface area contributed by atoms with E-state index in [1.165, 1.54) is 19.3 Å². The average Bonchev–Trinajstić information content (AvgIpc) is 3.30. The molecule has 166 valence electrons. The van der Waals surface area contributed by atoms with E-state index < -0.39 is 0 Å². The highest BCUT2D eigenvalue weighted by molar-refractivity contribution is 5.86. The Bertz CT molecular complexity index is 1040. The summed E-state index contributed by atoms with van der Waals surface area (Å²) in [4.78, 5) is 29.7. The van der Waals surface area contributed by atoms with Crippen molar-refractivity contribution in [3.63, 3.8) is 0 Å². The number of amides is 1. The minimum atomic E-state index is -0.223. The predicted octanol–water partition coefficient (Wildman–Crippen LogP) is 3.45. The molecular formula is C25H32N2O4.